The van der Waals surface area contributed by atoms with Crippen molar-refractivity contribution in [1.29, 1.82) is 0 Å². The molecule has 0 spiro atoms. The average molecular weight is 375 g/mol. The SMILES string of the molecule is CC(C)NC(=O)c1cnc(-c2ccccc2)nc1Oc1ccccc1C(C)C. The molecule has 28 heavy (non-hydrogen) atoms. The Bertz CT molecular complexity index is 953. The van der Waals surface area contributed by atoms with Gasteiger partial charge in [0.15, 0.2) is 5.82 Å². The van der Waals surface area contributed by atoms with Gasteiger partial charge in [-0.15, -0.1) is 0 Å². The third-order valence-electron chi connectivity index (χ3n) is 4.20. The number of hydrogen-bond donors (Lipinski definition) is 1. The van der Waals surface area contributed by atoms with Crippen molar-refractivity contribution in [1.82, 2.24) is 15.3 Å². The van der Waals surface area contributed by atoms with Crippen LogP contribution in [0, 0.1) is 0 Å². The van der Waals surface area contributed by atoms with Crippen molar-refractivity contribution in [3.05, 3.63) is 71.9 Å². The topological polar surface area (TPSA) is 64.1 Å². The molecular weight excluding hydrogens is 350 g/mol. The van der Waals surface area contributed by atoms with E-state index in [1.807, 2.05) is 68.4 Å². The largest absolute Gasteiger partial charge is 0.438 e. The first-order valence-corrected chi connectivity index (χ1v) is 9.45. The molecule has 1 aromatic heterocycles. The van der Waals surface area contributed by atoms with Gasteiger partial charge in [-0.25, -0.2) is 4.98 Å². The van der Waals surface area contributed by atoms with Crippen LogP contribution in [0.25, 0.3) is 11.4 Å². The summed E-state index contributed by atoms with van der Waals surface area (Å²) in [6.07, 6.45) is 1.53. The summed E-state index contributed by atoms with van der Waals surface area (Å²) in [4.78, 5) is 21.6. The van der Waals surface area contributed by atoms with Crippen molar-refractivity contribution in [3.8, 4) is 23.0 Å². The Balaban J connectivity index is 2.06. The van der Waals surface area contributed by atoms with Crippen molar-refractivity contribution in [2.45, 2.75) is 39.7 Å². The number of carbonyl (C=O) groups excluding carboxylic acids is 1. The van der Waals surface area contributed by atoms with Gasteiger partial charge in [-0.1, -0.05) is 62.4 Å². The van der Waals surface area contributed by atoms with Crippen LogP contribution in [0.5, 0.6) is 11.6 Å². The van der Waals surface area contributed by atoms with Gasteiger partial charge in [-0.05, 0) is 31.4 Å². The summed E-state index contributed by atoms with van der Waals surface area (Å²) in [5, 5.41) is 2.88. The molecule has 0 unspecified atom stereocenters. The number of benzene rings is 2. The summed E-state index contributed by atoms with van der Waals surface area (Å²) in [6, 6.07) is 17.4. The minimum Gasteiger partial charge on any atom is -0.438 e. The van der Waals surface area contributed by atoms with Crippen LogP contribution < -0.4 is 10.1 Å². The lowest BCUT2D eigenvalue weighted by Gasteiger charge is -2.16. The molecule has 3 aromatic rings. The highest BCUT2D eigenvalue weighted by atomic mass is 16.5. The number of hydrogen-bond acceptors (Lipinski definition) is 4. The molecule has 0 aliphatic rings. The van der Waals surface area contributed by atoms with E-state index in [0.717, 1.165) is 11.1 Å². The highest BCUT2D eigenvalue weighted by Crippen LogP contribution is 2.32. The number of aromatic nitrogens is 2. The number of ether oxygens (including phenoxy) is 1. The van der Waals surface area contributed by atoms with E-state index in [2.05, 4.69) is 29.1 Å². The number of rotatable bonds is 6. The van der Waals surface area contributed by atoms with Crippen molar-refractivity contribution in [3.63, 3.8) is 0 Å². The Labute approximate surface area is 165 Å². The molecule has 5 heteroatoms. The van der Waals surface area contributed by atoms with Gasteiger partial charge in [0.05, 0.1) is 0 Å². The summed E-state index contributed by atoms with van der Waals surface area (Å²) >= 11 is 0. The van der Waals surface area contributed by atoms with E-state index < -0.39 is 0 Å². The fourth-order valence-electron chi connectivity index (χ4n) is 2.82. The number of carbonyl (C=O) groups is 1. The Morgan fingerprint density at radius 1 is 0.964 bits per heavy atom. The molecule has 1 heterocycles. The van der Waals surface area contributed by atoms with Gasteiger partial charge >= 0.3 is 0 Å². The lowest BCUT2D eigenvalue weighted by atomic mass is 10.0. The van der Waals surface area contributed by atoms with E-state index in [9.17, 15) is 4.79 Å². The normalized spacial score (nSPS) is 10.9. The summed E-state index contributed by atoms with van der Waals surface area (Å²) in [5.41, 5.74) is 2.23. The van der Waals surface area contributed by atoms with E-state index in [1.165, 1.54) is 6.20 Å². The fraction of sp³-hybridized carbons (Fsp3) is 0.261. The van der Waals surface area contributed by atoms with E-state index in [0.29, 0.717) is 17.1 Å². The summed E-state index contributed by atoms with van der Waals surface area (Å²) in [5.74, 6) is 1.47. The van der Waals surface area contributed by atoms with Crippen molar-refractivity contribution < 1.29 is 9.53 Å². The first-order chi connectivity index (χ1) is 13.5. The Morgan fingerprint density at radius 2 is 1.64 bits per heavy atom. The third-order valence-corrected chi connectivity index (χ3v) is 4.20. The standard InChI is InChI=1S/C23H25N3O2/c1-15(2)18-12-8-9-13-20(18)28-23-19(22(27)25-16(3)4)14-24-21(26-23)17-10-6-5-7-11-17/h5-16H,1-4H3,(H,25,27). The van der Waals surface area contributed by atoms with E-state index >= 15 is 0 Å². The van der Waals surface area contributed by atoms with Crippen LogP contribution in [0.2, 0.25) is 0 Å². The quantitative estimate of drug-likeness (QED) is 0.643. The average Bonchev–Trinajstić information content (AvgIpc) is 2.68. The molecule has 0 atom stereocenters. The molecule has 0 fully saturated rings. The zero-order valence-corrected chi connectivity index (χ0v) is 16.6. The highest BCUT2D eigenvalue weighted by molar-refractivity contribution is 5.96. The molecule has 2 aromatic carbocycles. The summed E-state index contributed by atoms with van der Waals surface area (Å²) in [7, 11) is 0. The lowest BCUT2D eigenvalue weighted by Crippen LogP contribution is -2.30. The molecule has 144 valence electrons. The molecule has 5 nitrogen and oxygen atoms in total. The minimum absolute atomic E-state index is 0.00269. The van der Waals surface area contributed by atoms with Gasteiger partial charge in [-0.3, -0.25) is 4.79 Å². The van der Waals surface area contributed by atoms with Gasteiger partial charge < -0.3 is 10.1 Å². The maximum atomic E-state index is 12.7. The molecule has 0 radical (unpaired) electrons. The maximum absolute atomic E-state index is 12.7. The zero-order chi connectivity index (χ0) is 20.1. The van der Waals surface area contributed by atoms with Gasteiger partial charge in [0, 0.05) is 17.8 Å². The van der Waals surface area contributed by atoms with Crippen LogP contribution in [0.3, 0.4) is 0 Å². The molecule has 1 amide bonds. The van der Waals surface area contributed by atoms with Crippen molar-refractivity contribution in [2.24, 2.45) is 0 Å². The minimum atomic E-state index is -0.258. The molecule has 1 N–H and O–H groups in total. The highest BCUT2D eigenvalue weighted by Gasteiger charge is 2.19. The Kier molecular flexibility index (Phi) is 6.04. The first kappa shape index (κ1) is 19.5. The summed E-state index contributed by atoms with van der Waals surface area (Å²) < 4.78 is 6.15. The Morgan fingerprint density at radius 3 is 2.32 bits per heavy atom. The number of para-hydroxylation sites is 1. The lowest BCUT2D eigenvalue weighted by molar-refractivity contribution is 0.0939. The number of nitrogens with one attached hydrogen (secondary N) is 1. The second-order valence-corrected chi connectivity index (χ2v) is 7.20. The third kappa shape index (κ3) is 4.55. The zero-order valence-electron chi connectivity index (χ0n) is 16.6. The van der Waals surface area contributed by atoms with Crippen LogP contribution in [0.1, 0.15) is 49.5 Å². The van der Waals surface area contributed by atoms with Gasteiger partial charge in [0.1, 0.15) is 11.3 Å². The molecule has 3 rings (SSSR count). The monoisotopic (exact) mass is 375 g/mol. The van der Waals surface area contributed by atoms with E-state index in [-0.39, 0.29) is 23.7 Å². The molecule has 0 bridgehead atoms. The van der Waals surface area contributed by atoms with Crippen LogP contribution in [-0.2, 0) is 0 Å². The number of nitrogens with zero attached hydrogens (tertiary/aromatic N) is 2. The van der Waals surface area contributed by atoms with Crippen molar-refractivity contribution >= 4 is 5.91 Å². The van der Waals surface area contributed by atoms with Crippen molar-refractivity contribution in [2.75, 3.05) is 0 Å². The smallest absolute Gasteiger partial charge is 0.258 e. The summed E-state index contributed by atoms with van der Waals surface area (Å²) in [6.45, 7) is 8.02. The predicted octanol–water partition coefficient (Wildman–Crippen LogP) is 5.20. The van der Waals surface area contributed by atoms with Gasteiger partial charge in [-0.2, -0.15) is 4.98 Å². The Hall–Kier alpha value is -3.21. The fourth-order valence-corrected chi connectivity index (χ4v) is 2.82. The van der Waals surface area contributed by atoms with E-state index in [1.54, 1.807) is 0 Å². The van der Waals surface area contributed by atoms with E-state index in [4.69, 9.17) is 4.74 Å². The maximum Gasteiger partial charge on any atom is 0.258 e. The van der Waals surface area contributed by atoms with Gasteiger partial charge in [0.25, 0.3) is 5.91 Å². The van der Waals surface area contributed by atoms with Gasteiger partial charge in [0.2, 0.25) is 5.88 Å². The first-order valence-electron chi connectivity index (χ1n) is 9.45. The van der Waals surface area contributed by atoms with Crippen LogP contribution in [-0.4, -0.2) is 21.9 Å². The molecule has 0 aliphatic heterocycles. The predicted molar refractivity (Wildman–Crippen MR) is 111 cm³/mol. The molecule has 0 aliphatic carbocycles. The molecular formula is C23H25N3O2. The molecule has 0 saturated carbocycles. The van der Waals surface area contributed by atoms with Crippen LogP contribution >= 0.6 is 0 Å². The molecule has 0 saturated heterocycles. The van der Waals surface area contributed by atoms with Crippen LogP contribution in [0.4, 0.5) is 0 Å². The second kappa shape index (κ2) is 8.65. The number of amides is 1. The van der Waals surface area contributed by atoms with Crippen LogP contribution in [0.15, 0.2) is 60.8 Å². The second-order valence-electron chi connectivity index (χ2n) is 7.20.